The lowest BCUT2D eigenvalue weighted by atomic mass is 10.2. The van der Waals surface area contributed by atoms with E-state index in [4.69, 9.17) is 21.4 Å². The van der Waals surface area contributed by atoms with Crippen LogP contribution in [0.1, 0.15) is 17.7 Å². The van der Waals surface area contributed by atoms with Crippen LogP contribution in [0.15, 0.2) is 30.5 Å². The van der Waals surface area contributed by atoms with Crippen LogP contribution in [0.4, 0.5) is 0 Å². The van der Waals surface area contributed by atoms with Gasteiger partial charge in [-0.25, -0.2) is 4.98 Å². The maximum atomic E-state index is 10.8. The number of aliphatic carboxylic acids is 1. The quantitative estimate of drug-likeness (QED) is 0.928. The highest BCUT2D eigenvalue weighted by atomic mass is 35.5. The topological polar surface area (TPSA) is 59.4 Å². The van der Waals surface area contributed by atoms with Crippen molar-refractivity contribution in [2.45, 2.75) is 12.8 Å². The molecule has 0 fully saturated rings. The molecule has 0 aliphatic heterocycles. The summed E-state index contributed by atoms with van der Waals surface area (Å²) < 4.78 is 5.50. The van der Waals surface area contributed by atoms with Gasteiger partial charge in [0.1, 0.15) is 5.75 Å². The molecule has 1 unspecified atom stereocenters. The fourth-order valence-electron chi connectivity index (χ4n) is 1.24. The number of carbonyl (C=O) groups is 1. The van der Waals surface area contributed by atoms with Crippen molar-refractivity contribution < 1.29 is 14.6 Å². The van der Waals surface area contributed by atoms with Crippen LogP contribution in [-0.2, 0) is 4.79 Å². The number of hydrogen-bond donors (Lipinski definition) is 1. The Morgan fingerprint density at radius 3 is 2.72 bits per heavy atom. The van der Waals surface area contributed by atoms with E-state index in [0.29, 0.717) is 20.8 Å². The maximum absolute atomic E-state index is 10.8. The Morgan fingerprint density at radius 1 is 1.44 bits per heavy atom. The molecule has 0 saturated carbocycles. The van der Waals surface area contributed by atoms with Gasteiger partial charge in [-0.05, 0) is 31.2 Å². The minimum Gasteiger partial charge on any atom is -0.481 e. The molecular weight excluding hydrogens is 274 g/mol. The predicted octanol–water partition coefficient (Wildman–Crippen LogP) is 3.78. The van der Waals surface area contributed by atoms with Gasteiger partial charge in [0.05, 0.1) is 5.92 Å². The number of ether oxygens (including phenoxy) is 1. The summed E-state index contributed by atoms with van der Waals surface area (Å²) in [5.41, 5.74) is 0. The van der Waals surface area contributed by atoms with Gasteiger partial charge in [-0.2, -0.15) is 0 Å². The van der Waals surface area contributed by atoms with E-state index in [-0.39, 0.29) is 0 Å². The lowest BCUT2D eigenvalue weighted by molar-refractivity contribution is -0.138. The number of halogens is 1. The first-order valence-corrected chi connectivity index (χ1v) is 6.37. The molecule has 18 heavy (non-hydrogen) atoms. The van der Waals surface area contributed by atoms with Crippen LogP contribution in [0.25, 0.3) is 0 Å². The van der Waals surface area contributed by atoms with E-state index >= 15 is 0 Å². The van der Waals surface area contributed by atoms with Crippen LogP contribution >= 0.6 is 22.9 Å². The van der Waals surface area contributed by atoms with E-state index in [9.17, 15) is 4.79 Å². The van der Waals surface area contributed by atoms with Gasteiger partial charge in [0, 0.05) is 16.1 Å². The standard InChI is InChI=1S/C12H10ClNO3S/c1-7(11(15)16)10-6-14-12(18-10)17-9-4-2-8(13)3-5-9/h2-7H,1H3,(H,15,16). The van der Waals surface area contributed by atoms with Gasteiger partial charge in [-0.1, -0.05) is 22.9 Å². The van der Waals surface area contributed by atoms with Crippen molar-refractivity contribution in [1.29, 1.82) is 0 Å². The number of benzene rings is 1. The van der Waals surface area contributed by atoms with Crippen LogP contribution in [0.3, 0.4) is 0 Å². The second kappa shape index (κ2) is 5.37. The maximum Gasteiger partial charge on any atom is 0.311 e. The van der Waals surface area contributed by atoms with E-state index < -0.39 is 11.9 Å². The molecule has 0 spiro atoms. The molecule has 2 aromatic rings. The zero-order valence-electron chi connectivity index (χ0n) is 9.46. The molecule has 1 atom stereocenters. The average molecular weight is 284 g/mol. The monoisotopic (exact) mass is 283 g/mol. The third-order valence-corrected chi connectivity index (χ3v) is 3.63. The number of aromatic nitrogens is 1. The summed E-state index contributed by atoms with van der Waals surface area (Å²) in [6.45, 7) is 1.61. The van der Waals surface area contributed by atoms with Crippen molar-refractivity contribution in [2.75, 3.05) is 0 Å². The molecule has 1 heterocycles. The molecular formula is C12H10ClNO3S. The highest BCUT2D eigenvalue weighted by molar-refractivity contribution is 7.13. The van der Waals surface area contributed by atoms with Gasteiger partial charge in [0.2, 0.25) is 0 Å². The Hall–Kier alpha value is -1.59. The van der Waals surface area contributed by atoms with E-state index in [1.807, 2.05) is 0 Å². The summed E-state index contributed by atoms with van der Waals surface area (Å²) in [5, 5.41) is 9.93. The van der Waals surface area contributed by atoms with Gasteiger partial charge in [-0.3, -0.25) is 4.79 Å². The molecule has 0 amide bonds. The fraction of sp³-hybridized carbons (Fsp3) is 0.167. The van der Waals surface area contributed by atoms with Gasteiger partial charge in [-0.15, -0.1) is 0 Å². The first kappa shape index (κ1) is 12.9. The minimum absolute atomic E-state index is 0.417. The smallest absolute Gasteiger partial charge is 0.311 e. The molecule has 1 aromatic heterocycles. The molecule has 1 N–H and O–H groups in total. The largest absolute Gasteiger partial charge is 0.481 e. The Morgan fingerprint density at radius 2 is 2.11 bits per heavy atom. The SMILES string of the molecule is CC(C(=O)O)c1cnc(Oc2ccc(Cl)cc2)s1. The second-order valence-corrected chi connectivity index (χ2v) is 5.11. The highest BCUT2D eigenvalue weighted by Gasteiger charge is 2.17. The molecule has 1 aromatic carbocycles. The normalized spacial score (nSPS) is 12.1. The summed E-state index contributed by atoms with van der Waals surface area (Å²) in [4.78, 5) is 15.5. The zero-order chi connectivity index (χ0) is 13.1. The number of carboxylic acid groups (broad SMARTS) is 1. The minimum atomic E-state index is -0.878. The summed E-state index contributed by atoms with van der Waals surface area (Å²) in [6.07, 6.45) is 1.52. The predicted molar refractivity (Wildman–Crippen MR) is 69.7 cm³/mol. The van der Waals surface area contributed by atoms with Crippen LogP contribution in [0.5, 0.6) is 10.9 Å². The molecule has 6 heteroatoms. The number of nitrogens with zero attached hydrogens (tertiary/aromatic N) is 1. The van der Waals surface area contributed by atoms with Crippen LogP contribution in [0.2, 0.25) is 5.02 Å². The Kier molecular flexibility index (Phi) is 3.84. The van der Waals surface area contributed by atoms with Crippen LogP contribution in [-0.4, -0.2) is 16.1 Å². The van der Waals surface area contributed by atoms with Crippen molar-refractivity contribution in [3.8, 4) is 10.9 Å². The number of rotatable bonds is 4. The Labute approximate surface area is 113 Å². The zero-order valence-corrected chi connectivity index (χ0v) is 11.0. The lowest BCUT2D eigenvalue weighted by Gasteiger charge is -2.01. The van der Waals surface area contributed by atoms with Gasteiger partial charge >= 0.3 is 5.97 Å². The first-order chi connectivity index (χ1) is 8.56. The van der Waals surface area contributed by atoms with E-state index in [1.165, 1.54) is 17.5 Å². The third kappa shape index (κ3) is 3.00. The summed E-state index contributed by atoms with van der Waals surface area (Å²) in [6, 6.07) is 6.88. The summed E-state index contributed by atoms with van der Waals surface area (Å²) >= 11 is 6.98. The van der Waals surface area contributed by atoms with Crippen LogP contribution in [0, 0.1) is 0 Å². The molecule has 0 aliphatic rings. The summed E-state index contributed by atoms with van der Waals surface area (Å²) in [5.74, 6) is -0.843. The van der Waals surface area contributed by atoms with Crippen molar-refractivity contribution in [2.24, 2.45) is 0 Å². The average Bonchev–Trinajstić information content (AvgIpc) is 2.79. The molecule has 0 radical (unpaired) electrons. The van der Waals surface area contributed by atoms with E-state index in [0.717, 1.165) is 0 Å². The lowest BCUT2D eigenvalue weighted by Crippen LogP contribution is -2.05. The molecule has 0 aliphatic carbocycles. The molecule has 2 rings (SSSR count). The molecule has 0 saturated heterocycles. The number of hydrogen-bond acceptors (Lipinski definition) is 4. The van der Waals surface area contributed by atoms with E-state index in [2.05, 4.69) is 4.98 Å². The fourth-order valence-corrected chi connectivity index (χ4v) is 2.20. The molecule has 94 valence electrons. The van der Waals surface area contributed by atoms with Crippen molar-refractivity contribution >= 4 is 28.9 Å². The number of thiazole rings is 1. The van der Waals surface area contributed by atoms with Crippen molar-refractivity contribution in [3.63, 3.8) is 0 Å². The van der Waals surface area contributed by atoms with Crippen molar-refractivity contribution in [1.82, 2.24) is 4.98 Å². The first-order valence-electron chi connectivity index (χ1n) is 5.18. The van der Waals surface area contributed by atoms with Gasteiger partial charge in [0.25, 0.3) is 5.19 Å². The third-order valence-electron chi connectivity index (χ3n) is 2.32. The van der Waals surface area contributed by atoms with Crippen LogP contribution < -0.4 is 4.74 Å². The van der Waals surface area contributed by atoms with Gasteiger partial charge in [0.15, 0.2) is 0 Å². The molecule has 0 bridgehead atoms. The Balaban J connectivity index is 2.11. The van der Waals surface area contributed by atoms with E-state index in [1.54, 1.807) is 31.2 Å². The van der Waals surface area contributed by atoms with Gasteiger partial charge < -0.3 is 9.84 Å². The highest BCUT2D eigenvalue weighted by Crippen LogP contribution is 2.31. The Bertz CT molecular complexity index is 553. The molecule has 4 nitrogen and oxygen atoms in total. The second-order valence-electron chi connectivity index (χ2n) is 3.64. The summed E-state index contributed by atoms with van der Waals surface area (Å²) in [7, 11) is 0. The number of carboxylic acids is 1. The van der Waals surface area contributed by atoms with Crippen molar-refractivity contribution in [3.05, 3.63) is 40.4 Å².